The molecule has 162 valence electrons. The monoisotopic (exact) mass is 440 g/mol. The Labute approximate surface area is 182 Å². The van der Waals surface area contributed by atoms with E-state index in [9.17, 15) is 13.2 Å². The molecule has 3 aromatic carbocycles. The van der Waals surface area contributed by atoms with Crippen LogP contribution in [0.15, 0.2) is 77.7 Å². The molecule has 1 atom stereocenters. The number of hydrogen-bond acceptors (Lipinski definition) is 5. The number of para-hydroxylation sites is 2. The van der Waals surface area contributed by atoms with Gasteiger partial charge in [0, 0.05) is 5.69 Å². The molecule has 2 N–H and O–H groups in total. The first-order valence-electron chi connectivity index (χ1n) is 9.58. The fourth-order valence-electron chi connectivity index (χ4n) is 2.84. The van der Waals surface area contributed by atoms with Crippen molar-refractivity contribution >= 4 is 27.3 Å². The quantitative estimate of drug-likeness (QED) is 0.547. The lowest BCUT2D eigenvalue weighted by Gasteiger charge is -2.15. The first-order chi connectivity index (χ1) is 14.8. The lowest BCUT2D eigenvalue weighted by molar-refractivity contribution is -0.122. The van der Waals surface area contributed by atoms with Crippen molar-refractivity contribution in [1.82, 2.24) is 0 Å². The van der Waals surface area contributed by atoms with Crippen molar-refractivity contribution in [2.75, 3.05) is 17.1 Å². The number of nitrogens with one attached hydrogen (secondary N) is 2. The van der Waals surface area contributed by atoms with Crippen molar-refractivity contribution in [2.24, 2.45) is 0 Å². The van der Waals surface area contributed by atoms with Gasteiger partial charge in [0.1, 0.15) is 11.5 Å². The minimum Gasteiger partial charge on any atom is -0.495 e. The molecule has 0 spiro atoms. The van der Waals surface area contributed by atoms with Gasteiger partial charge < -0.3 is 14.8 Å². The van der Waals surface area contributed by atoms with Gasteiger partial charge in [0.05, 0.1) is 17.7 Å². The minimum atomic E-state index is -3.82. The summed E-state index contributed by atoms with van der Waals surface area (Å²) in [5.74, 6) is 0.674. The van der Waals surface area contributed by atoms with Gasteiger partial charge in [-0.3, -0.25) is 9.52 Å². The Morgan fingerprint density at radius 2 is 1.68 bits per heavy atom. The van der Waals surface area contributed by atoms with Crippen molar-refractivity contribution in [3.63, 3.8) is 0 Å². The summed E-state index contributed by atoms with van der Waals surface area (Å²) >= 11 is 0. The van der Waals surface area contributed by atoms with E-state index in [0.717, 1.165) is 5.56 Å². The van der Waals surface area contributed by atoms with Crippen molar-refractivity contribution in [1.29, 1.82) is 0 Å². The van der Waals surface area contributed by atoms with E-state index in [1.165, 1.54) is 31.4 Å². The van der Waals surface area contributed by atoms with Crippen LogP contribution in [-0.2, 0) is 14.8 Å². The number of ether oxygens (including phenoxy) is 2. The van der Waals surface area contributed by atoms with E-state index >= 15 is 0 Å². The number of carbonyl (C=O) groups is 1. The molecule has 0 aromatic heterocycles. The highest BCUT2D eigenvalue weighted by Crippen LogP contribution is 2.26. The Kier molecular flexibility index (Phi) is 6.81. The standard InChI is InChI=1S/C23H24N2O5S/c1-16-7-6-8-19(15-16)30-17(2)23(26)24-18-11-13-20(14-12-18)31(27,28)25-21-9-4-5-10-22(21)29-3/h4-15,17,25H,1-3H3,(H,24,26)/t17-/m0/s1. The Morgan fingerprint density at radius 3 is 2.35 bits per heavy atom. The third kappa shape index (κ3) is 5.76. The summed E-state index contributed by atoms with van der Waals surface area (Å²) in [6.07, 6.45) is -0.725. The molecule has 1 amide bonds. The number of sulfonamides is 1. The molecule has 0 aliphatic heterocycles. The zero-order chi connectivity index (χ0) is 22.4. The summed E-state index contributed by atoms with van der Waals surface area (Å²) in [6.45, 7) is 3.59. The maximum Gasteiger partial charge on any atom is 0.265 e. The van der Waals surface area contributed by atoms with E-state index in [0.29, 0.717) is 22.9 Å². The van der Waals surface area contributed by atoms with Gasteiger partial charge in [0.25, 0.3) is 15.9 Å². The average molecular weight is 441 g/mol. The maximum atomic E-state index is 12.7. The first-order valence-corrected chi connectivity index (χ1v) is 11.1. The van der Waals surface area contributed by atoms with Gasteiger partial charge in [-0.05, 0) is 67.9 Å². The molecule has 7 nitrogen and oxygen atoms in total. The van der Waals surface area contributed by atoms with E-state index in [1.54, 1.807) is 37.3 Å². The number of rotatable bonds is 8. The summed E-state index contributed by atoms with van der Waals surface area (Å²) in [5, 5.41) is 2.72. The van der Waals surface area contributed by atoms with Crippen LogP contribution in [0.1, 0.15) is 12.5 Å². The number of amides is 1. The van der Waals surface area contributed by atoms with Crippen molar-refractivity contribution in [3.05, 3.63) is 78.4 Å². The molecule has 0 radical (unpaired) electrons. The number of benzene rings is 3. The van der Waals surface area contributed by atoms with E-state index in [2.05, 4.69) is 10.0 Å². The van der Waals surface area contributed by atoms with E-state index in [4.69, 9.17) is 9.47 Å². The summed E-state index contributed by atoms with van der Waals surface area (Å²) in [6, 6.07) is 20.0. The lowest BCUT2D eigenvalue weighted by atomic mass is 10.2. The smallest absolute Gasteiger partial charge is 0.265 e. The average Bonchev–Trinajstić information content (AvgIpc) is 2.74. The van der Waals surface area contributed by atoms with Gasteiger partial charge in [-0.25, -0.2) is 8.42 Å². The number of aryl methyl sites for hydroxylation is 1. The molecule has 0 heterocycles. The maximum absolute atomic E-state index is 12.7. The molecule has 0 saturated carbocycles. The second-order valence-electron chi connectivity index (χ2n) is 6.90. The first kappa shape index (κ1) is 22.2. The van der Waals surface area contributed by atoms with Crippen LogP contribution in [0.5, 0.6) is 11.5 Å². The molecule has 0 aliphatic carbocycles. The highest BCUT2D eigenvalue weighted by atomic mass is 32.2. The molecule has 0 aliphatic rings. The molecule has 0 saturated heterocycles. The molecule has 8 heteroatoms. The molecule has 0 bridgehead atoms. The molecule has 3 aromatic rings. The zero-order valence-electron chi connectivity index (χ0n) is 17.5. The summed E-state index contributed by atoms with van der Waals surface area (Å²) in [7, 11) is -2.35. The van der Waals surface area contributed by atoms with Gasteiger partial charge in [-0.2, -0.15) is 0 Å². The minimum absolute atomic E-state index is 0.0560. The van der Waals surface area contributed by atoms with Gasteiger partial charge in [-0.1, -0.05) is 24.3 Å². The van der Waals surface area contributed by atoms with Crippen LogP contribution in [0.25, 0.3) is 0 Å². The lowest BCUT2D eigenvalue weighted by Crippen LogP contribution is -2.30. The van der Waals surface area contributed by atoms with Crippen LogP contribution in [-0.4, -0.2) is 27.5 Å². The summed E-state index contributed by atoms with van der Waals surface area (Å²) in [5.41, 5.74) is 1.83. The Bertz CT molecular complexity index is 1160. The van der Waals surface area contributed by atoms with Gasteiger partial charge >= 0.3 is 0 Å². The third-order valence-electron chi connectivity index (χ3n) is 4.46. The van der Waals surface area contributed by atoms with Crippen LogP contribution >= 0.6 is 0 Å². The van der Waals surface area contributed by atoms with Crippen LogP contribution < -0.4 is 19.5 Å². The van der Waals surface area contributed by atoms with Gasteiger partial charge in [0.2, 0.25) is 0 Å². The summed E-state index contributed by atoms with van der Waals surface area (Å²) < 4.78 is 38.7. The highest BCUT2D eigenvalue weighted by Gasteiger charge is 2.18. The number of carbonyl (C=O) groups excluding carboxylic acids is 1. The summed E-state index contributed by atoms with van der Waals surface area (Å²) in [4.78, 5) is 12.5. The predicted molar refractivity (Wildman–Crippen MR) is 120 cm³/mol. The molecule has 0 fully saturated rings. The topological polar surface area (TPSA) is 93.7 Å². The molecule has 0 unspecified atom stereocenters. The normalized spacial score (nSPS) is 12.0. The van der Waals surface area contributed by atoms with E-state index < -0.39 is 16.1 Å². The van der Waals surface area contributed by atoms with Crippen LogP contribution in [0.4, 0.5) is 11.4 Å². The van der Waals surface area contributed by atoms with Crippen molar-refractivity contribution in [2.45, 2.75) is 24.8 Å². The number of methoxy groups -OCH3 is 1. The number of hydrogen-bond donors (Lipinski definition) is 2. The Hall–Kier alpha value is -3.52. The molecule has 31 heavy (non-hydrogen) atoms. The van der Waals surface area contributed by atoms with E-state index in [-0.39, 0.29) is 10.8 Å². The Balaban J connectivity index is 1.65. The molecular formula is C23H24N2O5S. The highest BCUT2D eigenvalue weighted by molar-refractivity contribution is 7.92. The van der Waals surface area contributed by atoms with E-state index in [1.807, 2.05) is 25.1 Å². The molecule has 3 rings (SSSR count). The largest absolute Gasteiger partial charge is 0.495 e. The van der Waals surface area contributed by atoms with Crippen LogP contribution in [0, 0.1) is 6.92 Å². The second kappa shape index (κ2) is 9.53. The fraction of sp³-hybridized carbons (Fsp3) is 0.174. The van der Waals surface area contributed by atoms with Crippen LogP contribution in [0.3, 0.4) is 0 Å². The third-order valence-corrected chi connectivity index (χ3v) is 5.84. The second-order valence-corrected chi connectivity index (χ2v) is 8.58. The van der Waals surface area contributed by atoms with Gasteiger partial charge in [-0.15, -0.1) is 0 Å². The fourth-order valence-corrected chi connectivity index (χ4v) is 3.91. The Morgan fingerprint density at radius 1 is 0.968 bits per heavy atom. The van der Waals surface area contributed by atoms with Gasteiger partial charge in [0.15, 0.2) is 6.10 Å². The molecular weight excluding hydrogens is 416 g/mol. The predicted octanol–water partition coefficient (Wildman–Crippen LogP) is 4.21. The van der Waals surface area contributed by atoms with Crippen molar-refractivity contribution < 1.29 is 22.7 Å². The SMILES string of the molecule is COc1ccccc1NS(=O)(=O)c1ccc(NC(=O)[C@H](C)Oc2cccc(C)c2)cc1. The van der Waals surface area contributed by atoms with Crippen molar-refractivity contribution in [3.8, 4) is 11.5 Å². The van der Waals surface area contributed by atoms with Crippen LogP contribution in [0.2, 0.25) is 0 Å². The zero-order valence-corrected chi connectivity index (χ0v) is 18.3. The number of anilines is 2.